The fraction of sp³-hybridized carbons (Fsp3) is 0.435. The van der Waals surface area contributed by atoms with Gasteiger partial charge in [-0.3, -0.25) is 4.79 Å². The minimum atomic E-state index is -3.19. The van der Waals surface area contributed by atoms with Crippen molar-refractivity contribution < 1.29 is 22.7 Å². The molecular weight excluding hydrogens is 416 g/mol. The fourth-order valence-corrected chi connectivity index (χ4v) is 4.48. The van der Waals surface area contributed by atoms with Crippen molar-refractivity contribution in [2.45, 2.75) is 30.7 Å². The van der Waals surface area contributed by atoms with E-state index < -0.39 is 9.84 Å². The molecule has 0 aliphatic carbocycles. The number of piperidine rings is 1. The lowest BCUT2D eigenvalue weighted by Crippen LogP contribution is -2.44. The van der Waals surface area contributed by atoms with Crippen LogP contribution in [0.2, 0.25) is 0 Å². The van der Waals surface area contributed by atoms with Gasteiger partial charge in [-0.2, -0.15) is 0 Å². The van der Waals surface area contributed by atoms with Gasteiger partial charge in [0.2, 0.25) is 0 Å². The first-order chi connectivity index (χ1) is 14.9. The molecule has 0 saturated carbocycles. The molecule has 1 heterocycles. The Morgan fingerprint density at radius 2 is 1.74 bits per heavy atom. The van der Waals surface area contributed by atoms with Crippen LogP contribution in [0, 0.1) is 0 Å². The molecule has 0 atom stereocenters. The maximum Gasteiger partial charge on any atom is 0.255 e. The number of anilines is 1. The highest BCUT2D eigenvalue weighted by molar-refractivity contribution is 7.91. The van der Waals surface area contributed by atoms with Gasteiger partial charge in [-0.15, -0.1) is 0 Å². The van der Waals surface area contributed by atoms with Crippen LogP contribution < -0.4 is 15.0 Å². The molecule has 1 aliphatic heterocycles. The molecule has 2 aromatic carbocycles. The first-order valence-electron chi connectivity index (χ1n) is 10.5. The van der Waals surface area contributed by atoms with Crippen LogP contribution in [0.4, 0.5) is 5.69 Å². The minimum Gasteiger partial charge on any atom is -0.490 e. The third kappa shape index (κ3) is 5.98. The summed E-state index contributed by atoms with van der Waals surface area (Å²) in [5.74, 6) is 0.509. The number of carbonyl (C=O) groups excluding carboxylic acids is 1. The number of carbonyl (C=O) groups is 1. The van der Waals surface area contributed by atoms with Gasteiger partial charge in [0.05, 0.1) is 22.8 Å². The van der Waals surface area contributed by atoms with Crippen molar-refractivity contribution in [3.05, 3.63) is 54.1 Å². The summed E-state index contributed by atoms with van der Waals surface area (Å²) in [5.41, 5.74) is 1.52. The van der Waals surface area contributed by atoms with E-state index in [0.717, 1.165) is 31.6 Å². The van der Waals surface area contributed by atoms with Gasteiger partial charge >= 0.3 is 0 Å². The number of hydrogen-bond donors (Lipinski definition) is 1. The highest BCUT2D eigenvalue weighted by atomic mass is 32.2. The Bertz CT molecular complexity index is 968. The molecule has 1 aliphatic rings. The Labute approximate surface area is 184 Å². The fourth-order valence-electron chi connectivity index (χ4n) is 3.59. The number of ether oxygens (including phenoxy) is 2. The van der Waals surface area contributed by atoms with Crippen molar-refractivity contribution >= 4 is 21.4 Å². The van der Waals surface area contributed by atoms with Crippen LogP contribution >= 0.6 is 0 Å². The summed E-state index contributed by atoms with van der Waals surface area (Å²) in [5, 5.41) is 3.12. The van der Waals surface area contributed by atoms with Crippen molar-refractivity contribution in [1.82, 2.24) is 5.32 Å². The number of benzene rings is 2. The summed E-state index contributed by atoms with van der Waals surface area (Å²) >= 11 is 0. The molecule has 0 aromatic heterocycles. The maximum absolute atomic E-state index is 12.8. The Hall–Kier alpha value is -2.58. The molecule has 1 fully saturated rings. The number of rotatable bonds is 9. The molecule has 7 nitrogen and oxygen atoms in total. The number of para-hydroxylation sites is 1. The SMILES string of the molecule is CCS(=O)(=O)c1ccc(N2CCC(NC(=O)c3ccccc3OCCOC)CC2)cc1. The Morgan fingerprint density at radius 3 is 2.39 bits per heavy atom. The third-order valence-electron chi connectivity index (χ3n) is 5.45. The van der Waals surface area contributed by atoms with Crippen LogP contribution in [-0.4, -0.2) is 59.5 Å². The zero-order chi connectivity index (χ0) is 22.3. The van der Waals surface area contributed by atoms with Gasteiger partial charge in [-0.05, 0) is 49.2 Å². The molecule has 1 amide bonds. The largest absolute Gasteiger partial charge is 0.490 e. The van der Waals surface area contributed by atoms with Crippen LogP contribution in [0.1, 0.15) is 30.1 Å². The standard InChI is InChI=1S/C23H30N2O5S/c1-3-31(27,28)20-10-8-19(9-11-20)25-14-12-18(13-15-25)24-23(26)21-6-4-5-7-22(21)30-17-16-29-2/h4-11,18H,3,12-17H2,1-2H3,(H,24,26). The van der Waals surface area contributed by atoms with E-state index in [2.05, 4.69) is 10.2 Å². The van der Waals surface area contributed by atoms with Gasteiger partial charge in [-0.1, -0.05) is 19.1 Å². The smallest absolute Gasteiger partial charge is 0.255 e. The number of nitrogens with zero attached hydrogens (tertiary/aromatic N) is 1. The van der Waals surface area contributed by atoms with Gasteiger partial charge in [0.15, 0.2) is 9.84 Å². The van der Waals surface area contributed by atoms with Crippen molar-refractivity contribution in [2.24, 2.45) is 0 Å². The second kappa shape index (κ2) is 10.6. The Balaban J connectivity index is 1.55. The number of methoxy groups -OCH3 is 1. The van der Waals surface area contributed by atoms with Crippen LogP contribution in [0.15, 0.2) is 53.4 Å². The summed E-state index contributed by atoms with van der Waals surface area (Å²) in [6, 6.07) is 14.3. The molecular formula is C23H30N2O5S. The summed E-state index contributed by atoms with van der Waals surface area (Å²) in [4.78, 5) is 15.4. The van der Waals surface area contributed by atoms with Gasteiger partial charge in [0, 0.05) is 31.9 Å². The highest BCUT2D eigenvalue weighted by Gasteiger charge is 2.23. The second-order valence-corrected chi connectivity index (χ2v) is 9.75. The van der Waals surface area contributed by atoms with E-state index in [-0.39, 0.29) is 17.7 Å². The number of nitrogens with one attached hydrogen (secondary N) is 1. The van der Waals surface area contributed by atoms with E-state index in [1.165, 1.54) is 0 Å². The zero-order valence-corrected chi connectivity index (χ0v) is 18.9. The van der Waals surface area contributed by atoms with Crippen molar-refractivity contribution in [1.29, 1.82) is 0 Å². The molecule has 31 heavy (non-hydrogen) atoms. The van der Waals surface area contributed by atoms with Gasteiger partial charge < -0.3 is 19.7 Å². The molecule has 0 radical (unpaired) electrons. The average Bonchev–Trinajstić information content (AvgIpc) is 2.80. The topological polar surface area (TPSA) is 84.9 Å². The average molecular weight is 447 g/mol. The zero-order valence-electron chi connectivity index (χ0n) is 18.0. The van der Waals surface area contributed by atoms with E-state index >= 15 is 0 Å². The van der Waals surface area contributed by atoms with Crippen molar-refractivity contribution in [3.63, 3.8) is 0 Å². The van der Waals surface area contributed by atoms with Gasteiger partial charge in [0.25, 0.3) is 5.91 Å². The molecule has 3 rings (SSSR count). The predicted molar refractivity (Wildman–Crippen MR) is 121 cm³/mol. The van der Waals surface area contributed by atoms with E-state index in [0.29, 0.717) is 29.4 Å². The summed E-state index contributed by atoms with van der Waals surface area (Å²) in [7, 11) is -1.58. The molecule has 168 valence electrons. The highest BCUT2D eigenvalue weighted by Crippen LogP contribution is 2.23. The summed E-state index contributed by atoms with van der Waals surface area (Å²) in [6.07, 6.45) is 1.63. The number of amides is 1. The van der Waals surface area contributed by atoms with Crippen molar-refractivity contribution in [3.8, 4) is 5.75 Å². The van der Waals surface area contributed by atoms with Gasteiger partial charge in [-0.25, -0.2) is 8.42 Å². The summed E-state index contributed by atoms with van der Waals surface area (Å²) in [6.45, 7) is 4.07. The van der Waals surface area contributed by atoms with Crippen LogP contribution in [0.25, 0.3) is 0 Å². The monoisotopic (exact) mass is 446 g/mol. The van der Waals surface area contributed by atoms with E-state index in [4.69, 9.17) is 9.47 Å². The van der Waals surface area contributed by atoms with Crippen molar-refractivity contribution in [2.75, 3.05) is 44.1 Å². The number of sulfone groups is 1. The third-order valence-corrected chi connectivity index (χ3v) is 7.20. The lowest BCUT2D eigenvalue weighted by molar-refractivity contribution is 0.0923. The lowest BCUT2D eigenvalue weighted by atomic mass is 10.0. The Kier molecular flexibility index (Phi) is 7.92. The van der Waals surface area contributed by atoms with Gasteiger partial charge in [0.1, 0.15) is 12.4 Å². The van der Waals surface area contributed by atoms with E-state index in [9.17, 15) is 13.2 Å². The molecule has 8 heteroatoms. The minimum absolute atomic E-state index is 0.0792. The second-order valence-electron chi connectivity index (χ2n) is 7.47. The molecule has 0 spiro atoms. The first-order valence-corrected chi connectivity index (χ1v) is 12.2. The Morgan fingerprint density at radius 1 is 1.06 bits per heavy atom. The molecule has 0 bridgehead atoms. The van der Waals surface area contributed by atoms with E-state index in [1.807, 2.05) is 24.3 Å². The van der Waals surface area contributed by atoms with Crippen LogP contribution in [-0.2, 0) is 14.6 Å². The lowest BCUT2D eigenvalue weighted by Gasteiger charge is -2.34. The van der Waals surface area contributed by atoms with Crippen LogP contribution in [0.3, 0.4) is 0 Å². The number of hydrogen-bond acceptors (Lipinski definition) is 6. The maximum atomic E-state index is 12.8. The molecule has 2 aromatic rings. The normalized spacial score (nSPS) is 15.0. The molecule has 1 N–H and O–H groups in total. The summed E-state index contributed by atoms with van der Waals surface area (Å²) < 4.78 is 34.6. The van der Waals surface area contributed by atoms with Crippen LogP contribution in [0.5, 0.6) is 5.75 Å². The first kappa shape index (κ1) is 23.1. The van der Waals surface area contributed by atoms with E-state index in [1.54, 1.807) is 38.3 Å². The quantitative estimate of drug-likeness (QED) is 0.596. The molecule has 1 saturated heterocycles. The molecule has 0 unspecified atom stereocenters. The predicted octanol–water partition coefficient (Wildman–Crippen LogP) is 2.90.